The largest absolute Gasteiger partial charge is 0.489 e. The van der Waals surface area contributed by atoms with Gasteiger partial charge in [0.1, 0.15) is 11.6 Å². The van der Waals surface area contributed by atoms with Gasteiger partial charge in [-0.25, -0.2) is 4.99 Å². The summed E-state index contributed by atoms with van der Waals surface area (Å²) in [5.74, 6) is 0.832. The second-order valence-corrected chi connectivity index (χ2v) is 7.59. The molecule has 4 N–H and O–H groups in total. The number of nitrogens with one attached hydrogen (secondary N) is 2. The average Bonchev–Trinajstić information content (AvgIpc) is 2.93. The minimum atomic E-state index is -0.489. The van der Waals surface area contributed by atoms with Gasteiger partial charge in [0, 0.05) is 16.6 Å². The molecular formula is C23H28N4O2. The Kier molecular flexibility index (Phi) is 5.64. The van der Waals surface area contributed by atoms with Crippen molar-refractivity contribution in [3.63, 3.8) is 0 Å². The molecule has 0 spiro atoms. The van der Waals surface area contributed by atoms with E-state index in [9.17, 15) is 4.79 Å². The number of benzene rings is 2. The lowest BCUT2D eigenvalue weighted by Crippen LogP contribution is -2.15. The van der Waals surface area contributed by atoms with E-state index in [0.717, 1.165) is 22.5 Å². The number of carbonyl (C=O) groups is 1. The van der Waals surface area contributed by atoms with Gasteiger partial charge in [0.05, 0.1) is 23.0 Å². The van der Waals surface area contributed by atoms with Gasteiger partial charge in [0.15, 0.2) is 0 Å². The average molecular weight is 393 g/mol. The Bertz CT molecular complexity index is 1110. The Morgan fingerprint density at radius 2 is 1.90 bits per heavy atom. The van der Waals surface area contributed by atoms with E-state index in [0.29, 0.717) is 22.8 Å². The van der Waals surface area contributed by atoms with E-state index in [1.54, 1.807) is 18.2 Å². The van der Waals surface area contributed by atoms with Crippen molar-refractivity contribution in [2.24, 2.45) is 10.7 Å². The van der Waals surface area contributed by atoms with E-state index in [4.69, 9.17) is 15.5 Å². The summed E-state index contributed by atoms with van der Waals surface area (Å²) in [6, 6.07) is 9.30. The number of rotatable bonds is 5. The molecule has 1 amide bonds. The molecule has 29 heavy (non-hydrogen) atoms. The lowest BCUT2D eigenvalue weighted by atomic mass is 10.1. The summed E-state index contributed by atoms with van der Waals surface area (Å²) in [6.45, 7) is 12.0. The van der Waals surface area contributed by atoms with Gasteiger partial charge < -0.3 is 20.8 Å². The van der Waals surface area contributed by atoms with E-state index >= 15 is 0 Å². The molecule has 0 bridgehead atoms. The van der Waals surface area contributed by atoms with Crippen molar-refractivity contribution in [3.8, 4) is 5.75 Å². The highest BCUT2D eigenvalue weighted by molar-refractivity contribution is 6.02. The Hall–Kier alpha value is -3.28. The number of nitrogens with two attached hydrogens (primary N) is 1. The highest BCUT2D eigenvalue weighted by atomic mass is 16.5. The maximum absolute atomic E-state index is 11.6. The molecular weight excluding hydrogens is 364 g/mol. The number of ether oxygens (including phenoxy) is 1. The van der Waals surface area contributed by atoms with Gasteiger partial charge in [0.2, 0.25) is 5.91 Å². The Morgan fingerprint density at radius 3 is 2.55 bits per heavy atom. The topological polar surface area (TPSA) is 92.5 Å². The molecule has 0 unspecified atom stereocenters. The molecule has 3 aromatic rings. The van der Waals surface area contributed by atoms with Crippen LogP contribution < -0.4 is 15.8 Å². The number of aliphatic imine (C=N–C) groups is 1. The Morgan fingerprint density at radius 1 is 1.17 bits per heavy atom. The van der Waals surface area contributed by atoms with E-state index in [2.05, 4.69) is 36.3 Å². The van der Waals surface area contributed by atoms with Gasteiger partial charge in [-0.2, -0.15) is 0 Å². The van der Waals surface area contributed by atoms with Gasteiger partial charge in [-0.1, -0.05) is 12.1 Å². The van der Waals surface area contributed by atoms with Crippen LogP contribution in [0.3, 0.4) is 0 Å². The van der Waals surface area contributed by atoms with Crippen LogP contribution in [0.2, 0.25) is 0 Å². The second kappa shape index (κ2) is 7.99. The van der Waals surface area contributed by atoms with Crippen LogP contribution in [0, 0.1) is 20.8 Å². The maximum atomic E-state index is 11.6. The molecule has 3 rings (SSSR count). The molecule has 6 nitrogen and oxygen atoms in total. The minimum Gasteiger partial charge on any atom is -0.489 e. The number of nitrogens with zero attached hydrogens (tertiary/aromatic N) is 1. The van der Waals surface area contributed by atoms with Crippen LogP contribution in [0.1, 0.15) is 48.0 Å². The van der Waals surface area contributed by atoms with Crippen molar-refractivity contribution in [1.29, 1.82) is 0 Å². The van der Waals surface area contributed by atoms with Crippen LogP contribution in [0.5, 0.6) is 5.75 Å². The third-order valence-corrected chi connectivity index (χ3v) is 4.88. The summed E-state index contributed by atoms with van der Waals surface area (Å²) in [5.41, 5.74) is 11.8. The van der Waals surface area contributed by atoms with E-state index in [1.165, 1.54) is 10.9 Å². The Balaban J connectivity index is 2.03. The normalized spacial score (nSPS) is 11.9. The predicted molar refractivity (Wildman–Crippen MR) is 120 cm³/mol. The molecule has 0 aliphatic carbocycles. The summed E-state index contributed by atoms with van der Waals surface area (Å²) < 4.78 is 5.87. The number of fused-ring (bicyclic) bond motifs is 1. The number of amides is 1. The van der Waals surface area contributed by atoms with Crippen molar-refractivity contribution in [1.82, 2.24) is 4.98 Å². The molecule has 0 saturated heterocycles. The molecule has 0 fully saturated rings. The summed E-state index contributed by atoms with van der Waals surface area (Å²) >= 11 is 0. The monoisotopic (exact) mass is 392 g/mol. The van der Waals surface area contributed by atoms with Crippen LogP contribution in [0.4, 0.5) is 11.4 Å². The molecule has 2 aromatic carbocycles. The smallest absolute Gasteiger partial charge is 0.248 e. The first-order valence-corrected chi connectivity index (χ1v) is 9.68. The SMILES string of the molecule is CC(=Nc1c(C)ccc2c(C)c(C)[nH]c12)Nc1cc(C(N)=O)ccc1OC(C)C. The van der Waals surface area contributed by atoms with Crippen LogP contribution in [0.15, 0.2) is 35.3 Å². The zero-order valence-corrected chi connectivity index (χ0v) is 17.8. The summed E-state index contributed by atoms with van der Waals surface area (Å²) in [7, 11) is 0. The number of amidine groups is 1. The number of aryl methyl sites for hydroxylation is 3. The first kappa shape index (κ1) is 20.5. The van der Waals surface area contributed by atoms with Crippen molar-refractivity contribution in [2.45, 2.75) is 47.6 Å². The molecule has 1 heterocycles. The number of H-pyrrole nitrogens is 1. The number of anilines is 1. The van der Waals surface area contributed by atoms with Gasteiger partial charge in [0.25, 0.3) is 0 Å². The lowest BCUT2D eigenvalue weighted by Gasteiger charge is -2.16. The van der Waals surface area contributed by atoms with Crippen LogP contribution in [-0.2, 0) is 0 Å². The molecule has 152 valence electrons. The van der Waals surface area contributed by atoms with Crippen molar-refractivity contribution in [3.05, 3.63) is 52.7 Å². The molecule has 0 aliphatic rings. The number of hydrogen-bond donors (Lipinski definition) is 3. The van der Waals surface area contributed by atoms with E-state index < -0.39 is 5.91 Å². The lowest BCUT2D eigenvalue weighted by molar-refractivity contribution is 0.100. The van der Waals surface area contributed by atoms with Crippen LogP contribution >= 0.6 is 0 Å². The van der Waals surface area contributed by atoms with E-state index in [-0.39, 0.29) is 6.10 Å². The quantitative estimate of drug-likeness (QED) is 0.414. The number of primary amides is 1. The molecule has 0 atom stereocenters. The van der Waals surface area contributed by atoms with E-state index in [1.807, 2.05) is 27.7 Å². The van der Waals surface area contributed by atoms with Crippen molar-refractivity contribution in [2.75, 3.05) is 5.32 Å². The molecule has 0 aliphatic heterocycles. The summed E-state index contributed by atoms with van der Waals surface area (Å²) in [6.07, 6.45) is -0.00640. The standard InChI is InChI=1S/C23H28N4O2/c1-12(2)29-20-10-8-17(23(24)28)11-19(20)26-16(6)27-21-13(3)7-9-18-14(4)15(5)25-22(18)21/h7-12,25H,1-6H3,(H2,24,28)(H,26,27). The fourth-order valence-corrected chi connectivity index (χ4v) is 3.29. The molecule has 0 saturated carbocycles. The first-order valence-electron chi connectivity index (χ1n) is 9.68. The van der Waals surface area contributed by atoms with Crippen LogP contribution in [-0.4, -0.2) is 22.8 Å². The van der Waals surface area contributed by atoms with Crippen molar-refractivity contribution >= 4 is 34.0 Å². The highest BCUT2D eigenvalue weighted by Gasteiger charge is 2.13. The van der Waals surface area contributed by atoms with Crippen LogP contribution in [0.25, 0.3) is 10.9 Å². The third-order valence-electron chi connectivity index (χ3n) is 4.88. The zero-order chi connectivity index (χ0) is 21.3. The summed E-state index contributed by atoms with van der Waals surface area (Å²) in [4.78, 5) is 19.9. The number of aromatic nitrogens is 1. The molecule has 0 radical (unpaired) electrons. The van der Waals surface area contributed by atoms with Gasteiger partial charge in [-0.3, -0.25) is 4.79 Å². The van der Waals surface area contributed by atoms with Gasteiger partial charge >= 0.3 is 0 Å². The number of hydrogen-bond acceptors (Lipinski definition) is 3. The first-order chi connectivity index (χ1) is 13.7. The number of carbonyl (C=O) groups excluding carboxylic acids is 1. The molecule has 1 aromatic heterocycles. The van der Waals surface area contributed by atoms with Gasteiger partial charge in [-0.05, 0) is 70.9 Å². The third kappa shape index (κ3) is 4.26. The molecule has 6 heteroatoms. The second-order valence-electron chi connectivity index (χ2n) is 7.59. The zero-order valence-electron chi connectivity index (χ0n) is 17.8. The van der Waals surface area contributed by atoms with Crippen molar-refractivity contribution < 1.29 is 9.53 Å². The number of aromatic amines is 1. The fraction of sp³-hybridized carbons (Fsp3) is 0.304. The maximum Gasteiger partial charge on any atom is 0.248 e. The van der Waals surface area contributed by atoms with Gasteiger partial charge in [-0.15, -0.1) is 0 Å². The summed E-state index contributed by atoms with van der Waals surface area (Å²) in [5, 5.41) is 4.44. The fourth-order valence-electron chi connectivity index (χ4n) is 3.29. The predicted octanol–water partition coefficient (Wildman–Crippen LogP) is 5.14. The minimum absolute atomic E-state index is 0.00640. The Labute approximate surface area is 171 Å². The highest BCUT2D eigenvalue weighted by Crippen LogP contribution is 2.33.